The number of carboxylic acids is 1. The van der Waals surface area contributed by atoms with Crippen molar-refractivity contribution < 1.29 is 14.6 Å². The molecular weight excluding hydrogens is 278 g/mol. The number of benzene rings is 1. The Labute approximate surface area is 133 Å². The molecule has 1 heterocycles. The van der Waals surface area contributed by atoms with Crippen molar-refractivity contribution in [2.24, 2.45) is 5.92 Å². The fourth-order valence-corrected chi connectivity index (χ4v) is 2.23. The number of rotatable bonds is 6. The number of nitrogens with one attached hydrogen (secondary N) is 1. The van der Waals surface area contributed by atoms with E-state index in [1.54, 1.807) is 24.3 Å². The van der Waals surface area contributed by atoms with Crippen molar-refractivity contribution in [3.8, 4) is 5.75 Å². The molecule has 0 unspecified atom stereocenters. The Balaban J connectivity index is 0.000000335. The molecule has 0 aliphatic carbocycles. The van der Waals surface area contributed by atoms with Crippen LogP contribution in [0.1, 0.15) is 56.3 Å². The molecule has 0 spiro atoms. The van der Waals surface area contributed by atoms with Crippen molar-refractivity contribution in [3.63, 3.8) is 0 Å². The van der Waals surface area contributed by atoms with E-state index in [0.29, 0.717) is 12.5 Å². The highest BCUT2D eigenvalue weighted by Crippen LogP contribution is 2.15. The van der Waals surface area contributed by atoms with Crippen molar-refractivity contribution in [3.05, 3.63) is 29.8 Å². The monoisotopic (exact) mass is 307 g/mol. The Kier molecular flexibility index (Phi) is 9.31. The summed E-state index contributed by atoms with van der Waals surface area (Å²) in [5.74, 6) is 0.391. The third-order valence-electron chi connectivity index (χ3n) is 3.95. The third kappa shape index (κ3) is 7.46. The number of hydrogen-bond acceptors (Lipinski definition) is 3. The summed E-state index contributed by atoms with van der Waals surface area (Å²) in [7, 11) is 0. The van der Waals surface area contributed by atoms with E-state index >= 15 is 0 Å². The molecular formula is C18H29NO3. The van der Waals surface area contributed by atoms with Gasteiger partial charge in [0.15, 0.2) is 0 Å². The van der Waals surface area contributed by atoms with E-state index in [2.05, 4.69) is 19.2 Å². The third-order valence-corrected chi connectivity index (χ3v) is 3.95. The van der Waals surface area contributed by atoms with E-state index in [-0.39, 0.29) is 5.56 Å². The summed E-state index contributed by atoms with van der Waals surface area (Å²) in [6.45, 7) is 7.48. The van der Waals surface area contributed by atoms with Gasteiger partial charge in [-0.05, 0) is 56.1 Å². The van der Waals surface area contributed by atoms with Crippen LogP contribution in [-0.4, -0.2) is 30.8 Å². The minimum Gasteiger partial charge on any atom is -0.493 e. The number of hydrogen-bond donors (Lipinski definition) is 2. The van der Waals surface area contributed by atoms with Gasteiger partial charge in [0.1, 0.15) is 5.75 Å². The van der Waals surface area contributed by atoms with Gasteiger partial charge in [0.2, 0.25) is 0 Å². The van der Waals surface area contributed by atoms with Gasteiger partial charge in [0.05, 0.1) is 12.2 Å². The first kappa shape index (κ1) is 18.5. The summed E-state index contributed by atoms with van der Waals surface area (Å²) in [4.78, 5) is 10.6. The lowest BCUT2D eigenvalue weighted by atomic mass is 10.1. The second-order valence-electron chi connectivity index (χ2n) is 5.63. The standard InChI is InChI=1S/C13H18O3.C5H11N/c1-3-10(4-2)9-16-12-7-5-11(6-8-12)13(14)15;1-2-4-6-5-3-1/h5-8,10H,3-4,9H2,1-2H3,(H,14,15);6H,1-5H2. The van der Waals surface area contributed by atoms with Crippen LogP contribution < -0.4 is 10.1 Å². The Hall–Kier alpha value is -1.55. The van der Waals surface area contributed by atoms with Crippen LogP contribution in [-0.2, 0) is 0 Å². The largest absolute Gasteiger partial charge is 0.493 e. The predicted octanol–water partition coefficient (Wildman–Crippen LogP) is 3.96. The molecule has 0 amide bonds. The summed E-state index contributed by atoms with van der Waals surface area (Å²) >= 11 is 0. The van der Waals surface area contributed by atoms with Crippen LogP contribution in [0.25, 0.3) is 0 Å². The normalized spacial score (nSPS) is 14.1. The number of carbonyl (C=O) groups is 1. The molecule has 1 aromatic rings. The predicted molar refractivity (Wildman–Crippen MR) is 89.7 cm³/mol. The molecule has 1 aliphatic heterocycles. The molecule has 2 rings (SSSR count). The zero-order chi connectivity index (χ0) is 16.2. The number of carboxylic acid groups (broad SMARTS) is 1. The van der Waals surface area contributed by atoms with Gasteiger partial charge in [-0.2, -0.15) is 0 Å². The Bertz CT molecular complexity index is 397. The number of ether oxygens (including phenoxy) is 1. The van der Waals surface area contributed by atoms with Crippen molar-refractivity contribution in [2.45, 2.75) is 46.0 Å². The summed E-state index contributed by atoms with van der Waals surface area (Å²) in [6.07, 6.45) is 6.42. The lowest BCUT2D eigenvalue weighted by molar-refractivity contribution is 0.0697. The number of aromatic carboxylic acids is 1. The van der Waals surface area contributed by atoms with Gasteiger partial charge in [-0.15, -0.1) is 0 Å². The van der Waals surface area contributed by atoms with E-state index in [4.69, 9.17) is 9.84 Å². The maximum Gasteiger partial charge on any atom is 0.335 e. The van der Waals surface area contributed by atoms with E-state index < -0.39 is 5.97 Å². The van der Waals surface area contributed by atoms with E-state index in [9.17, 15) is 4.79 Å². The first-order valence-corrected chi connectivity index (χ1v) is 8.34. The van der Waals surface area contributed by atoms with Crippen molar-refractivity contribution in [1.82, 2.24) is 5.32 Å². The zero-order valence-corrected chi connectivity index (χ0v) is 13.8. The Morgan fingerprint density at radius 2 is 1.73 bits per heavy atom. The van der Waals surface area contributed by atoms with E-state index in [0.717, 1.165) is 18.6 Å². The highest BCUT2D eigenvalue weighted by Gasteiger charge is 2.05. The molecule has 0 bridgehead atoms. The maximum atomic E-state index is 10.6. The van der Waals surface area contributed by atoms with Gasteiger partial charge in [-0.1, -0.05) is 33.1 Å². The summed E-state index contributed by atoms with van der Waals surface area (Å²) in [5, 5.41) is 12.0. The summed E-state index contributed by atoms with van der Waals surface area (Å²) in [5.41, 5.74) is 0.287. The minimum atomic E-state index is -0.911. The minimum absolute atomic E-state index is 0.287. The lowest BCUT2D eigenvalue weighted by Crippen LogP contribution is -2.21. The van der Waals surface area contributed by atoms with Crippen LogP contribution in [0.15, 0.2) is 24.3 Å². The van der Waals surface area contributed by atoms with Crippen LogP contribution in [0, 0.1) is 5.92 Å². The van der Waals surface area contributed by atoms with Crippen LogP contribution >= 0.6 is 0 Å². The van der Waals surface area contributed by atoms with Crippen LogP contribution in [0.3, 0.4) is 0 Å². The topological polar surface area (TPSA) is 58.6 Å². The van der Waals surface area contributed by atoms with Gasteiger partial charge in [-0.25, -0.2) is 4.79 Å². The molecule has 124 valence electrons. The van der Waals surface area contributed by atoms with Crippen molar-refractivity contribution >= 4 is 5.97 Å². The van der Waals surface area contributed by atoms with Gasteiger partial charge in [0, 0.05) is 0 Å². The first-order chi connectivity index (χ1) is 10.7. The average Bonchev–Trinajstić information content (AvgIpc) is 2.58. The summed E-state index contributed by atoms with van der Waals surface area (Å²) < 4.78 is 5.59. The first-order valence-electron chi connectivity index (χ1n) is 8.34. The molecule has 1 aliphatic rings. The van der Waals surface area contributed by atoms with Crippen LogP contribution in [0.2, 0.25) is 0 Å². The van der Waals surface area contributed by atoms with Gasteiger partial charge < -0.3 is 15.2 Å². The quantitative estimate of drug-likeness (QED) is 0.835. The lowest BCUT2D eigenvalue weighted by Gasteiger charge is -2.13. The molecule has 0 radical (unpaired) electrons. The van der Waals surface area contributed by atoms with Gasteiger partial charge in [0.25, 0.3) is 0 Å². The molecule has 4 nitrogen and oxygen atoms in total. The SMILES string of the molecule is C1CCNCC1.CCC(CC)COc1ccc(C(=O)O)cc1. The highest BCUT2D eigenvalue weighted by molar-refractivity contribution is 5.87. The molecule has 2 N–H and O–H groups in total. The second-order valence-corrected chi connectivity index (χ2v) is 5.63. The van der Waals surface area contributed by atoms with Gasteiger partial charge >= 0.3 is 5.97 Å². The second kappa shape index (κ2) is 11.1. The summed E-state index contributed by atoms with van der Waals surface area (Å²) in [6, 6.07) is 6.52. The Morgan fingerprint density at radius 3 is 2.09 bits per heavy atom. The average molecular weight is 307 g/mol. The van der Waals surface area contributed by atoms with Crippen LogP contribution in [0.4, 0.5) is 0 Å². The van der Waals surface area contributed by atoms with Crippen LogP contribution in [0.5, 0.6) is 5.75 Å². The fraction of sp³-hybridized carbons (Fsp3) is 0.611. The molecule has 4 heteroatoms. The molecule has 1 aromatic carbocycles. The fourth-order valence-electron chi connectivity index (χ4n) is 2.23. The maximum absolute atomic E-state index is 10.6. The molecule has 1 saturated heterocycles. The zero-order valence-electron chi connectivity index (χ0n) is 13.8. The van der Waals surface area contributed by atoms with E-state index in [1.807, 2.05) is 0 Å². The Morgan fingerprint density at radius 1 is 1.14 bits per heavy atom. The molecule has 0 saturated carbocycles. The van der Waals surface area contributed by atoms with Crippen molar-refractivity contribution in [1.29, 1.82) is 0 Å². The van der Waals surface area contributed by atoms with Crippen molar-refractivity contribution in [2.75, 3.05) is 19.7 Å². The van der Waals surface area contributed by atoms with Gasteiger partial charge in [-0.3, -0.25) is 0 Å². The molecule has 22 heavy (non-hydrogen) atoms. The number of piperidine rings is 1. The highest BCUT2D eigenvalue weighted by atomic mass is 16.5. The molecule has 0 aromatic heterocycles. The van der Waals surface area contributed by atoms with E-state index in [1.165, 1.54) is 32.4 Å². The smallest absolute Gasteiger partial charge is 0.335 e. The molecule has 0 atom stereocenters. The molecule has 1 fully saturated rings.